The highest BCUT2D eigenvalue weighted by Crippen LogP contribution is 2.20. The van der Waals surface area contributed by atoms with Crippen molar-refractivity contribution in [3.63, 3.8) is 0 Å². The van der Waals surface area contributed by atoms with Crippen LogP contribution in [0.25, 0.3) is 0 Å². The van der Waals surface area contributed by atoms with Gasteiger partial charge in [-0.2, -0.15) is 5.10 Å². The molecule has 1 aromatic carbocycles. The van der Waals surface area contributed by atoms with Crippen LogP contribution in [0.4, 0.5) is 10.5 Å². The smallest absolute Gasteiger partial charge is 0.319 e. The monoisotopic (exact) mass is 350 g/mol. The van der Waals surface area contributed by atoms with Crippen LogP contribution in [0.15, 0.2) is 29.2 Å². The zero-order valence-electron chi connectivity index (χ0n) is 14.2. The van der Waals surface area contributed by atoms with E-state index in [4.69, 9.17) is 0 Å². The predicted octanol–water partition coefficient (Wildman–Crippen LogP) is 2.18. The maximum absolute atomic E-state index is 12.1. The van der Waals surface area contributed by atoms with E-state index in [1.54, 1.807) is 13.0 Å². The number of rotatable bonds is 5. The van der Waals surface area contributed by atoms with Gasteiger partial charge in [0.1, 0.15) is 0 Å². The van der Waals surface area contributed by atoms with Crippen molar-refractivity contribution in [3.05, 3.63) is 41.2 Å². The van der Waals surface area contributed by atoms with Crippen molar-refractivity contribution in [2.45, 2.75) is 38.1 Å². The van der Waals surface area contributed by atoms with Gasteiger partial charge in [0.25, 0.3) is 0 Å². The summed E-state index contributed by atoms with van der Waals surface area (Å²) < 4.78 is 23.3. The SMILES string of the molecule is Cc1cc(C[C@H](C)NC(=O)Nc2cc(S(C)(=O)=O)ccc2C)n[nH]1. The molecule has 24 heavy (non-hydrogen) atoms. The molecule has 0 spiro atoms. The van der Waals surface area contributed by atoms with Crippen molar-refractivity contribution in [3.8, 4) is 0 Å². The van der Waals surface area contributed by atoms with Crippen LogP contribution < -0.4 is 10.6 Å². The average Bonchev–Trinajstić information content (AvgIpc) is 2.84. The average molecular weight is 350 g/mol. The summed E-state index contributed by atoms with van der Waals surface area (Å²) in [7, 11) is -3.32. The van der Waals surface area contributed by atoms with Crippen molar-refractivity contribution >= 4 is 21.6 Å². The number of nitrogens with zero attached hydrogens (tertiary/aromatic N) is 1. The quantitative estimate of drug-likeness (QED) is 0.769. The van der Waals surface area contributed by atoms with E-state index in [1.165, 1.54) is 12.1 Å². The van der Waals surface area contributed by atoms with Crippen molar-refractivity contribution in [2.24, 2.45) is 0 Å². The number of sulfone groups is 1. The third-order valence-corrected chi connectivity index (χ3v) is 4.65. The zero-order chi connectivity index (χ0) is 17.9. The molecule has 8 heteroatoms. The summed E-state index contributed by atoms with van der Waals surface area (Å²) in [5, 5.41) is 12.5. The Morgan fingerprint density at radius 1 is 1.29 bits per heavy atom. The number of amides is 2. The molecule has 0 unspecified atom stereocenters. The van der Waals surface area contributed by atoms with Gasteiger partial charge in [0, 0.05) is 30.1 Å². The fourth-order valence-corrected chi connectivity index (χ4v) is 2.94. The Labute approximate surface area is 141 Å². The molecule has 0 aliphatic rings. The van der Waals surface area contributed by atoms with Gasteiger partial charge in [0.2, 0.25) is 0 Å². The van der Waals surface area contributed by atoms with Gasteiger partial charge in [-0.1, -0.05) is 6.07 Å². The maximum atomic E-state index is 12.1. The Hall–Kier alpha value is -2.35. The van der Waals surface area contributed by atoms with Crippen LogP contribution in [-0.2, 0) is 16.3 Å². The molecule has 1 atom stereocenters. The molecule has 2 aromatic rings. The molecule has 0 saturated heterocycles. The third-order valence-electron chi connectivity index (χ3n) is 3.54. The summed E-state index contributed by atoms with van der Waals surface area (Å²) in [5.41, 5.74) is 3.09. The Kier molecular flexibility index (Phi) is 5.28. The summed E-state index contributed by atoms with van der Waals surface area (Å²) in [6, 6.07) is 6.08. The van der Waals surface area contributed by atoms with Gasteiger partial charge in [0.15, 0.2) is 9.84 Å². The minimum atomic E-state index is -3.32. The van der Waals surface area contributed by atoms with Crippen LogP contribution in [-0.4, -0.2) is 36.9 Å². The maximum Gasteiger partial charge on any atom is 0.319 e. The second-order valence-electron chi connectivity index (χ2n) is 5.99. The minimum Gasteiger partial charge on any atom is -0.335 e. The van der Waals surface area contributed by atoms with Crippen LogP contribution in [0.5, 0.6) is 0 Å². The van der Waals surface area contributed by atoms with Gasteiger partial charge in [-0.3, -0.25) is 5.10 Å². The number of aryl methyl sites for hydroxylation is 2. The highest BCUT2D eigenvalue weighted by Gasteiger charge is 2.13. The molecule has 0 aliphatic carbocycles. The molecule has 0 fully saturated rings. The van der Waals surface area contributed by atoms with Gasteiger partial charge in [-0.15, -0.1) is 0 Å². The minimum absolute atomic E-state index is 0.119. The predicted molar refractivity (Wildman–Crippen MR) is 92.9 cm³/mol. The standard InChI is InChI=1S/C16H22N4O3S/c1-10-5-6-14(24(4,22)23)9-15(10)18-16(21)17-11(2)7-13-8-12(3)19-20-13/h5-6,8-9,11H,7H2,1-4H3,(H,19,20)(H2,17,18,21)/t11-/m0/s1. The van der Waals surface area contributed by atoms with E-state index in [-0.39, 0.29) is 17.0 Å². The van der Waals surface area contributed by atoms with Crippen LogP contribution in [0.2, 0.25) is 0 Å². The number of carbonyl (C=O) groups is 1. The number of nitrogens with one attached hydrogen (secondary N) is 3. The van der Waals surface area contributed by atoms with Crippen molar-refractivity contribution in [1.29, 1.82) is 0 Å². The van der Waals surface area contributed by atoms with E-state index >= 15 is 0 Å². The summed E-state index contributed by atoms with van der Waals surface area (Å²) >= 11 is 0. The molecule has 0 bridgehead atoms. The first-order valence-electron chi connectivity index (χ1n) is 7.54. The van der Waals surface area contributed by atoms with E-state index in [0.29, 0.717) is 12.1 Å². The number of H-pyrrole nitrogens is 1. The van der Waals surface area contributed by atoms with E-state index in [2.05, 4.69) is 20.8 Å². The summed E-state index contributed by atoms with van der Waals surface area (Å²) in [4.78, 5) is 12.3. The largest absolute Gasteiger partial charge is 0.335 e. The number of hydrogen-bond donors (Lipinski definition) is 3. The Balaban J connectivity index is 2.01. The molecular formula is C16H22N4O3S. The van der Waals surface area contributed by atoms with Gasteiger partial charge in [-0.05, 0) is 44.5 Å². The number of benzene rings is 1. The fourth-order valence-electron chi connectivity index (χ4n) is 2.29. The Bertz CT molecular complexity index is 843. The number of carbonyl (C=O) groups excluding carboxylic acids is 1. The Morgan fingerprint density at radius 2 is 2.00 bits per heavy atom. The second-order valence-corrected chi connectivity index (χ2v) is 8.01. The van der Waals surface area contributed by atoms with Gasteiger partial charge in [-0.25, -0.2) is 13.2 Å². The molecule has 0 saturated carbocycles. The number of aromatic amines is 1. The van der Waals surface area contributed by atoms with Gasteiger partial charge in [0.05, 0.1) is 10.6 Å². The fraction of sp³-hybridized carbons (Fsp3) is 0.375. The number of anilines is 1. The molecule has 0 aliphatic heterocycles. The Morgan fingerprint density at radius 3 is 2.58 bits per heavy atom. The molecule has 130 valence electrons. The second kappa shape index (κ2) is 7.04. The molecule has 7 nitrogen and oxygen atoms in total. The lowest BCUT2D eigenvalue weighted by molar-refractivity contribution is 0.249. The topological polar surface area (TPSA) is 104 Å². The first-order valence-corrected chi connectivity index (χ1v) is 9.43. The molecule has 2 rings (SSSR count). The van der Waals surface area contributed by atoms with Crippen LogP contribution in [0, 0.1) is 13.8 Å². The molecule has 3 N–H and O–H groups in total. The van der Waals surface area contributed by atoms with Crippen LogP contribution >= 0.6 is 0 Å². The first kappa shape index (κ1) is 18.0. The highest BCUT2D eigenvalue weighted by atomic mass is 32.2. The van der Waals surface area contributed by atoms with Crippen molar-refractivity contribution < 1.29 is 13.2 Å². The lowest BCUT2D eigenvalue weighted by Crippen LogP contribution is -2.37. The first-order chi connectivity index (χ1) is 11.1. The lowest BCUT2D eigenvalue weighted by atomic mass is 10.2. The lowest BCUT2D eigenvalue weighted by Gasteiger charge is -2.15. The molecule has 0 radical (unpaired) electrons. The van der Waals surface area contributed by atoms with E-state index in [0.717, 1.165) is 23.2 Å². The van der Waals surface area contributed by atoms with Crippen molar-refractivity contribution in [2.75, 3.05) is 11.6 Å². The summed E-state index contributed by atoms with van der Waals surface area (Å²) in [6.45, 7) is 5.60. The number of hydrogen-bond acceptors (Lipinski definition) is 4. The van der Waals surface area contributed by atoms with Crippen LogP contribution in [0.1, 0.15) is 23.9 Å². The molecule has 1 aromatic heterocycles. The van der Waals surface area contributed by atoms with E-state index in [1.807, 2.05) is 19.9 Å². The molecular weight excluding hydrogens is 328 g/mol. The summed E-state index contributed by atoms with van der Waals surface area (Å²) in [5.74, 6) is 0. The van der Waals surface area contributed by atoms with Gasteiger partial charge >= 0.3 is 6.03 Å². The zero-order valence-corrected chi connectivity index (χ0v) is 15.0. The van der Waals surface area contributed by atoms with Crippen LogP contribution in [0.3, 0.4) is 0 Å². The normalized spacial score (nSPS) is 12.7. The number of urea groups is 1. The molecule has 1 heterocycles. The van der Waals surface area contributed by atoms with E-state index in [9.17, 15) is 13.2 Å². The van der Waals surface area contributed by atoms with Gasteiger partial charge < -0.3 is 10.6 Å². The third kappa shape index (κ3) is 4.82. The highest BCUT2D eigenvalue weighted by molar-refractivity contribution is 7.90. The number of aromatic nitrogens is 2. The summed E-state index contributed by atoms with van der Waals surface area (Å²) in [6.07, 6.45) is 1.73. The molecule has 2 amide bonds. The van der Waals surface area contributed by atoms with Crippen molar-refractivity contribution in [1.82, 2.24) is 15.5 Å². The van der Waals surface area contributed by atoms with E-state index < -0.39 is 9.84 Å².